The molecule has 1 saturated heterocycles. The van der Waals surface area contributed by atoms with Crippen molar-refractivity contribution < 1.29 is 19.0 Å². The Balaban J connectivity index is 1.12. The van der Waals surface area contributed by atoms with Crippen LogP contribution in [-0.2, 0) is 0 Å². The molecule has 0 bridgehead atoms. The number of methoxy groups -OCH3 is 1. The van der Waals surface area contributed by atoms with Crippen molar-refractivity contribution in [2.24, 2.45) is 10.8 Å². The number of likely N-dealkylation sites (tertiary alicyclic amines) is 1. The van der Waals surface area contributed by atoms with E-state index in [-0.39, 0.29) is 22.8 Å². The number of ether oxygens (including phenoxy) is 3. The lowest BCUT2D eigenvalue weighted by atomic mass is 9.69. The fourth-order valence-electron chi connectivity index (χ4n) is 7.05. The first kappa shape index (κ1) is 38.7. The van der Waals surface area contributed by atoms with Gasteiger partial charge in [-0.25, -0.2) is 0 Å². The average molecular weight is 751 g/mol. The van der Waals surface area contributed by atoms with Crippen molar-refractivity contribution in [3.63, 3.8) is 0 Å². The maximum atomic E-state index is 13.9. The standard InChI is InChI=1S/C45H54N2O4S2/c1-8-52-43(53-9-2)39-19-14-24-47(39)42(48)37-26-40(49-7)41(27-38(37)46)51-29-45(5,6)44(3,4)28-50-32-22-20-30(21-23-32)36-25-31-15-10-11-16-33(31)34-17-12-13-18-35(34)36/h10-13,15-18,20-23,25-27,39,43H,8-9,14,19,24,28-29,46H2,1-7H3/t39-/m0/s1. The molecule has 1 atom stereocenters. The van der Waals surface area contributed by atoms with Crippen molar-refractivity contribution >= 4 is 56.7 Å². The van der Waals surface area contributed by atoms with Gasteiger partial charge in [-0.05, 0) is 81.3 Å². The number of carbonyl (C=O) groups is 1. The molecule has 0 unspecified atom stereocenters. The Morgan fingerprint density at radius 2 is 1.43 bits per heavy atom. The number of nitrogens with zero attached hydrogens (tertiary/aromatic N) is 1. The molecule has 0 saturated carbocycles. The first-order chi connectivity index (χ1) is 25.5. The molecule has 0 aliphatic carbocycles. The summed E-state index contributed by atoms with van der Waals surface area (Å²) >= 11 is 3.85. The maximum Gasteiger partial charge on any atom is 0.256 e. The van der Waals surface area contributed by atoms with Crippen LogP contribution in [0.25, 0.3) is 32.7 Å². The van der Waals surface area contributed by atoms with Crippen LogP contribution in [0.2, 0.25) is 0 Å². The Labute approximate surface area is 324 Å². The molecule has 8 heteroatoms. The Bertz CT molecular complexity index is 2040. The van der Waals surface area contributed by atoms with Crippen molar-refractivity contribution in [2.45, 2.75) is 65.0 Å². The summed E-state index contributed by atoms with van der Waals surface area (Å²) in [5.41, 5.74) is 9.26. The minimum Gasteiger partial charge on any atom is -0.493 e. The van der Waals surface area contributed by atoms with Gasteiger partial charge in [0.15, 0.2) is 11.5 Å². The van der Waals surface area contributed by atoms with Gasteiger partial charge in [-0.1, -0.05) is 102 Å². The van der Waals surface area contributed by atoms with Gasteiger partial charge in [0, 0.05) is 29.1 Å². The van der Waals surface area contributed by atoms with E-state index in [1.165, 1.54) is 27.1 Å². The maximum absolute atomic E-state index is 13.9. The van der Waals surface area contributed by atoms with E-state index in [2.05, 4.69) is 120 Å². The smallest absolute Gasteiger partial charge is 0.256 e. The van der Waals surface area contributed by atoms with Crippen LogP contribution in [0.5, 0.6) is 17.2 Å². The summed E-state index contributed by atoms with van der Waals surface area (Å²) < 4.78 is 19.0. The van der Waals surface area contributed by atoms with Gasteiger partial charge in [-0.3, -0.25) is 4.79 Å². The minimum atomic E-state index is -0.295. The topological polar surface area (TPSA) is 74.0 Å². The Kier molecular flexibility index (Phi) is 12.1. The van der Waals surface area contributed by atoms with Crippen LogP contribution in [0.15, 0.2) is 91.0 Å². The van der Waals surface area contributed by atoms with Gasteiger partial charge in [-0.2, -0.15) is 0 Å². The highest BCUT2D eigenvalue weighted by atomic mass is 32.2. The zero-order valence-corrected chi connectivity index (χ0v) is 33.9. The molecule has 0 aromatic heterocycles. The molecule has 280 valence electrons. The van der Waals surface area contributed by atoms with Crippen molar-refractivity contribution in [1.82, 2.24) is 4.90 Å². The van der Waals surface area contributed by atoms with Gasteiger partial charge in [0.2, 0.25) is 0 Å². The molecular formula is C45H54N2O4S2. The summed E-state index contributed by atoms with van der Waals surface area (Å²) in [5.74, 6) is 3.87. The van der Waals surface area contributed by atoms with Crippen molar-refractivity contribution in [2.75, 3.05) is 44.1 Å². The number of nitrogen functional groups attached to an aromatic ring is 1. The SMILES string of the molecule is CCSC(SCC)[C@@H]1CCCN1C(=O)c1cc(OC)c(OCC(C)(C)C(C)(C)COc2ccc(-c3cc4ccccc4c4ccccc34)cc2)cc1N. The number of hydrogen-bond acceptors (Lipinski definition) is 7. The third-order valence-corrected chi connectivity index (χ3v) is 13.8. The number of anilines is 1. The summed E-state index contributed by atoms with van der Waals surface area (Å²) in [7, 11) is 1.60. The van der Waals surface area contributed by atoms with Gasteiger partial charge in [0.1, 0.15) is 5.75 Å². The highest BCUT2D eigenvalue weighted by Crippen LogP contribution is 2.43. The summed E-state index contributed by atoms with van der Waals surface area (Å²) in [6, 6.07) is 31.6. The number of benzene rings is 5. The van der Waals surface area contributed by atoms with Crippen LogP contribution in [0, 0.1) is 10.8 Å². The van der Waals surface area contributed by atoms with Crippen LogP contribution in [0.1, 0.15) is 64.7 Å². The first-order valence-electron chi connectivity index (χ1n) is 18.8. The van der Waals surface area contributed by atoms with E-state index < -0.39 is 0 Å². The van der Waals surface area contributed by atoms with Crippen molar-refractivity contribution in [3.05, 3.63) is 96.6 Å². The predicted molar refractivity (Wildman–Crippen MR) is 227 cm³/mol. The number of amides is 1. The molecular weight excluding hydrogens is 697 g/mol. The molecule has 0 spiro atoms. The molecule has 1 fully saturated rings. The number of hydrogen-bond donors (Lipinski definition) is 1. The number of carbonyl (C=O) groups excluding carboxylic acids is 1. The van der Waals surface area contributed by atoms with Crippen LogP contribution in [-0.4, -0.2) is 59.8 Å². The van der Waals surface area contributed by atoms with Crippen LogP contribution in [0.4, 0.5) is 5.69 Å². The van der Waals surface area contributed by atoms with Crippen molar-refractivity contribution in [3.8, 4) is 28.4 Å². The first-order valence-corrected chi connectivity index (χ1v) is 20.9. The molecule has 1 aliphatic rings. The van der Waals surface area contributed by atoms with Gasteiger partial charge in [0.05, 0.1) is 36.5 Å². The fourth-order valence-corrected chi connectivity index (χ4v) is 9.92. The molecule has 5 aromatic carbocycles. The molecule has 6 rings (SSSR count). The highest BCUT2D eigenvalue weighted by molar-refractivity contribution is 8.17. The third-order valence-electron chi connectivity index (χ3n) is 11.1. The third kappa shape index (κ3) is 8.24. The van der Waals surface area contributed by atoms with Gasteiger partial charge in [-0.15, -0.1) is 23.5 Å². The zero-order valence-electron chi connectivity index (χ0n) is 32.2. The Morgan fingerprint density at radius 1 is 0.811 bits per heavy atom. The Morgan fingerprint density at radius 3 is 2.09 bits per heavy atom. The average Bonchev–Trinajstić information content (AvgIpc) is 3.66. The predicted octanol–water partition coefficient (Wildman–Crippen LogP) is 11.2. The monoisotopic (exact) mass is 750 g/mol. The van der Waals surface area contributed by atoms with Crippen molar-refractivity contribution in [1.29, 1.82) is 0 Å². The largest absolute Gasteiger partial charge is 0.493 e. The quantitative estimate of drug-likeness (QED) is 0.0649. The van der Waals surface area contributed by atoms with E-state index in [9.17, 15) is 4.79 Å². The molecule has 1 heterocycles. The molecule has 2 N–H and O–H groups in total. The number of thioether (sulfide) groups is 2. The number of nitrogens with two attached hydrogens (primary N) is 1. The molecule has 0 radical (unpaired) electrons. The second kappa shape index (κ2) is 16.6. The normalized spacial score (nSPS) is 15.0. The fraction of sp³-hybridized carbons (Fsp3) is 0.400. The molecule has 1 aliphatic heterocycles. The van der Waals surface area contributed by atoms with Gasteiger partial charge < -0.3 is 24.8 Å². The number of fused-ring (bicyclic) bond motifs is 3. The lowest BCUT2D eigenvalue weighted by Crippen LogP contribution is -2.42. The second-order valence-electron chi connectivity index (χ2n) is 15.1. The van der Waals surface area contributed by atoms with Crippen LogP contribution >= 0.6 is 23.5 Å². The highest BCUT2D eigenvalue weighted by Gasteiger charge is 2.39. The van der Waals surface area contributed by atoms with E-state index in [0.717, 1.165) is 42.2 Å². The molecule has 53 heavy (non-hydrogen) atoms. The summed E-state index contributed by atoms with van der Waals surface area (Å²) in [5, 5.41) is 4.99. The second-order valence-corrected chi connectivity index (χ2v) is 18.3. The van der Waals surface area contributed by atoms with E-state index in [4.69, 9.17) is 19.9 Å². The van der Waals surface area contributed by atoms with E-state index in [1.807, 2.05) is 28.4 Å². The van der Waals surface area contributed by atoms with E-state index >= 15 is 0 Å². The molecule has 5 aromatic rings. The van der Waals surface area contributed by atoms with Crippen LogP contribution < -0.4 is 19.9 Å². The summed E-state index contributed by atoms with van der Waals surface area (Å²) in [6.07, 6.45) is 2.01. The van der Waals surface area contributed by atoms with E-state index in [0.29, 0.717) is 40.5 Å². The lowest BCUT2D eigenvalue weighted by molar-refractivity contribution is 0.00969. The molecule has 1 amide bonds. The summed E-state index contributed by atoms with van der Waals surface area (Å²) in [6.45, 7) is 14.8. The lowest BCUT2D eigenvalue weighted by Gasteiger charge is -2.41. The van der Waals surface area contributed by atoms with Gasteiger partial charge >= 0.3 is 0 Å². The Hall–Kier alpha value is -4.01. The van der Waals surface area contributed by atoms with Crippen LogP contribution in [0.3, 0.4) is 0 Å². The van der Waals surface area contributed by atoms with E-state index in [1.54, 1.807) is 19.2 Å². The van der Waals surface area contributed by atoms with Gasteiger partial charge in [0.25, 0.3) is 5.91 Å². The zero-order chi connectivity index (χ0) is 37.8. The minimum absolute atomic E-state index is 0.0366. The molecule has 6 nitrogen and oxygen atoms in total. The summed E-state index contributed by atoms with van der Waals surface area (Å²) in [4.78, 5) is 15.9. The number of rotatable bonds is 15.